The quantitative estimate of drug-likeness (QED) is 0.703. The molecule has 0 atom stereocenters. The van der Waals surface area contributed by atoms with Gasteiger partial charge < -0.3 is 5.32 Å². The lowest BCUT2D eigenvalue weighted by Crippen LogP contribution is -1.94. The summed E-state index contributed by atoms with van der Waals surface area (Å²) in [7, 11) is 0. The third-order valence-electron chi connectivity index (χ3n) is 2.66. The zero-order valence-corrected chi connectivity index (χ0v) is 10.2. The van der Waals surface area contributed by atoms with Crippen molar-refractivity contribution in [2.24, 2.45) is 0 Å². The molecule has 0 radical (unpaired) electrons. The Morgan fingerprint density at radius 3 is 2.78 bits per heavy atom. The molecule has 1 aromatic carbocycles. The van der Waals surface area contributed by atoms with E-state index >= 15 is 0 Å². The number of pyridine rings is 2. The Balaban J connectivity index is 2.05. The second-order valence-electron chi connectivity index (χ2n) is 3.87. The summed E-state index contributed by atoms with van der Waals surface area (Å²) in [4.78, 5) is 8.36. The molecular formula is C14H10ClN3. The van der Waals surface area contributed by atoms with E-state index in [1.54, 1.807) is 12.3 Å². The first-order valence-corrected chi connectivity index (χ1v) is 5.93. The van der Waals surface area contributed by atoms with E-state index in [-0.39, 0.29) is 0 Å². The molecule has 0 aliphatic heterocycles. The van der Waals surface area contributed by atoms with Crippen LogP contribution >= 0.6 is 11.6 Å². The first-order chi connectivity index (χ1) is 8.83. The summed E-state index contributed by atoms with van der Waals surface area (Å²) in [5.41, 5.74) is 0.968. The number of hydrogen-bond donors (Lipinski definition) is 1. The van der Waals surface area contributed by atoms with Crippen molar-refractivity contribution in [3.05, 3.63) is 60.0 Å². The molecule has 0 bridgehead atoms. The molecule has 3 nitrogen and oxygen atoms in total. The fraction of sp³-hybridized carbons (Fsp3) is 0. The van der Waals surface area contributed by atoms with Gasteiger partial charge in [0.1, 0.15) is 11.0 Å². The maximum Gasteiger partial charge on any atom is 0.132 e. The molecule has 2 aromatic heterocycles. The van der Waals surface area contributed by atoms with Crippen molar-refractivity contribution in [1.82, 2.24) is 9.97 Å². The Morgan fingerprint density at radius 2 is 1.89 bits per heavy atom. The zero-order valence-electron chi connectivity index (χ0n) is 9.47. The van der Waals surface area contributed by atoms with Crippen molar-refractivity contribution < 1.29 is 0 Å². The van der Waals surface area contributed by atoms with E-state index in [9.17, 15) is 0 Å². The van der Waals surface area contributed by atoms with Crippen LogP contribution in [0.3, 0.4) is 0 Å². The molecule has 1 N–H and O–H groups in total. The lowest BCUT2D eigenvalue weighted by atomic mass is 10.1. The highest BCUT2D eigenvalue weighted by Gasteiger charge is 2.02. The van der Waals surface area contributed by atoms with E-state index in [0.29, 0.717) is 5.15 Å². The van der Waals surface area contributed by atoms with E-state index in [1.165, 1.54) is 0 Å². The molecule has 3 aromatic rings. The van der Waals surface area contributed by atoms with E-state index in [2.05, 4.69) is 15.3 Å². The highest BCUT2D eigenvalue weighted by Crippen LogP contribution is 2.25. The second-order valence-corrected chi connectivity index (χ2v) is 4.26. The van der Waals surface area contributed by atoms with Gasteiger partial charge in [-0.15, -0.1) is 0 Å². The minimum Gasteiger partial charge on any atom is -0.340 e. The highest BCUT2D eigenvalue weighted by atomic mass is 35.5. The van der Waals surface area contributed by atoms with Crippen LogP contribution in [0.15, 0.2) is 54.9 Å². The van der Waals surface area contributed by atoms with Crippen molar-refractivity contribution in [3.63, 3.8) is 0 Å². The van der Waals surface area contributed by atoms with Crippen LogP contribution in [-0.4, -0.2) is 9.97 Å². The average Bonchev–Trinajstić information content (AvgIpc) is 2.39. The summed E-state index contributed by atoms with van der Waals surface area (Å²) < 4.78 is 0. The van der Waals surface area contributed by atoms with Crippen LogP contribution < -0.4 is 5.32 Å². The van der Waals surface area contributed by atoms with Crippen LogP contribution in [0.25, 0.3) is 10.8 Å². The molecule has 18 heavy (non-hydrogen) atoms. The van der Waals surface area contributed by atoms with Gasteiger partial charge in [-0.25, -0.2) is 4.98 Å². The molecule has 0 fully saturated rings. The number of benzene rings is 1. The summed E-state index contributed by atoms with van der Waals surface area (Å²) >= 11 is 5.87. The summed E-state index contributed by atoms with van der Waals surface area (Å²) in [6, 6.07) is 13.5. The summed E-state index contributed by atoms with van der Waals surface area (Å²) in [6.07, 6.45) is 3.62. The molecule has 4 heteroatoms. The largest absolute Gasteiger partial charge is 0.340 e. The highest BCUT2D eigenvalue weighted by molar-refractivity contribution is 6.29. The van der Waals surface area contributed by atoms with Crippen LogP contribution in [0.5, 0.6) is 0 Å². The molecule has 3 rings (SSSR count). The molecule has 0 aliphatic carbocycles. The number of halogens is 1. The lowest BCUT2D eigenvalue weighted by molar-refractivity contribution is 1.31. The van der Waals surface area contributed by atoms with E-state index in [1.807, 2.05) is 42.6 Å². The van der Waals surface area contributed by atoms with Gasteiger partial charge in [0.2, 0.25) is 0 Å². The number of nitrogens with zero attached hydrogens (tertiary/aromatic N) is 2. The van der Waals surface area contributed by atoms with Gasteiger partial charge in [-0.2, -0.15) is 0 Å². The molecule has 0 amide bonds. The minimum absolute atomic E-state index is 0.471. The fourth-order valence-electron chi connectivity index (χ4n) is 1.84. The van der Waals surface area contributed by atoms with Crippen molar-refractivity contribution in [2.45, 2.75) is 0 Å². The lowest BCUT2D eigenvalue weighted by Gasteiger charge is -2.08. The van der Waals surface area contributed by atoms with Gasteiger partial charge in [-0.3, -0.25) is 4.98 Å². The van der Waals surface area contributed by atoms with Gasteiger partial charge in [0.25, 0.3) is 0 Å². The van der Waals surface area contributed by atoms with Crippen molar-refractivity contribution in [2.75, 3.05) is 5.32 Å². The summed E-state index contributed by atoms with van der Waals surface area (Å²) in [5.74, 6) is 0.721. The van der Waals surface area contributed by atoms with Crippen LogP contribution in [0.4, 0.5) is 11.5 Å². The number of fused-ring (bicyclic) bond motifs is 1. The van der Waals surface area contributed by atoms with Crippen LogP contribution in [0.1, 0.15) is 0 Å². The van der Waals surface area contributed by atoms with Gasteiger partial charge >= 0.3 is 0 Å². The first kappa shape index (κ1) is 11.0. The summed E-state index contributed by atoms with van der Waals surface area (Å²) in [5, 5.41) is 5.92. The predicted octanol–water partition coefficient (Wildman–Crippen LogP) is 4.03. The number of anilines is 2. The van der Waals surface area contributed by atoms with Gasteiger partial charge in [-0.1, -0.05) is 29.8 Å². The average molecular weight is 256 g/mol. The normalized spacial score (nSPS) is 10.5. The first-order valence-electron chi connectivity index (χ1n) is 5.55. The van der Waals surface area contributed by atoms with E-state index in [0.717, 1.165) is 22.3 Å². The molecule has 0 saturated carbocycles. The van der Waals surface area contributed by atoms with Crippen LogP contribution in [0, 0.1) is 0 Å². The van der Waals surface area contributed by atoms with Crippen molar-refractivity contribution >= 4 is 33.9 Å². The van der Waals surface area contributed by atoms with Crippen molar-refractivity contribution in [1.29, 1.82) is 0 Å². The Bertz CT molecular complexity index is 692. The summed E-state index contributed by atoms with van der Waals surface area (Å²) in [6.45, 7) is 0. The SMILES string of the molecule is Clc1cccc(Nc2cccc3ccncc23)n1. The zero-order chi connectivity index (χ0) is 12.4. The molecule has 88 valence electrons. The fourth-order valence-corrected chi connectivity index (χ4v) is 2.00. The number of nitrogens with one attached hydrogen (secondary N) is 1. The third-order valence-corrected chi connectivity index (χ3v) is 2.87. The van der Waals surface area contributed by atoms with Gasteiger partial charge in [-0.05, 0) is 29.7 Å². The van der Waals surface area contributed by atoms with Crippen LogP contribution in [-0.2, 0) is 0 Å². The molecule has 0 unspecified atom stereocenters. The molecule has 2 heterocycles. The number of hydrogen-bond acceptors (Lipinski definition) is 3. The van der Waals surface area contributed by atoms with E-state index in [4.69, 9.17) is 11.6 Å². The Kier molecular flexibility index (Phi) is 2.82. The monoisotopic (exact) mass is 255 g/mol. The predicted molar refractivity (Wildman–Crippen MR) is 74.3 cm³/mol. The van der Waals surface area contributed by atoms with Gasteiger partial charge in [0.05, 0.1) is 0 Å². The Morgan fingerprint density at radius 1 is 1.00 bits per heavy atom. The Labute approximate surface area is 109 Å². The molecule has 0 spiro atoms. The van der Waals surface area contributed by atoms with Gasteiger partial charge in [0, 0.05) is 23.5 Å². The maximum atomic E-state index is 5.87. The topological polar surface area (TPSA) is 37.8 Å². The standard InChI is InChI=1S/C14H10ClN3/c15-13-5-2-6-14(18-13)17-12-4-1-3-10-7-8-16-9-11(10)12/h1-9H,(H,17,18). The molecule has 0 saturated heterocycles. The minimum atomic E-state index is 0.471. The second kappa shape index (κ2) is 4.63. The van der Waals surface area contributed by atoms with Crippen molar-refractivity contribution in [3.8, 4) is 0 Å². The maximum absolute atomic E-state index is 5.87. The Hall–Kier alpha value is -2.13. The van der Waals surface area contributed by atoms with Gasteiger partial charge in [0.15, 0.2) is 0 Å². The van der Waals surface area contributed by atoms with E-state index < -0.39 is 0 Å². The number of rotatable bonds is 2. The third kappa shape index (κ3) is 2.13. The molecular weight excluding hydrogens is 246 g/mol. The number of aromatic nitrogens is 2. The van der Waals surface area contributed by atoms with Crippen LogP contribution in [0.2, 0.25) is 5.15 Å². The molecule has 0 aliphatic rings. The smallest absolute Gasteiger partial charge is 0.132 e.